The molecular weight excluding hydrogens is 160 g/mol. The van der Waals surface area contributed by atoms with Gasteiger partial charge in [0.05, 0.1) is 0 Å². The molecule has 1 N–H and O–H groups in total. The van der Waals surface area contributed by atoms with E-state index in [0.29, 0.717) is 11.7 Å². The summed E-state index contributed by atoms with van der Waals surface area (Å²) in [6.45, 7) is 4.43. The van der Waals surface area contributed by atoms with Crippen LogP contribution >= 0.6 is 0 Å². The molecule has 0 aliphatic heterocycles. The zero-order valence-corrected chi connectivity index (χ0v) is 8.46. The fourth-order valence-corrected chi connectivity index (χ4v) is 1.70. The number of hydrogen-bond donors (Lipinski definition) is 1. The first kappa shape index (κ1) is 10.1. The summed E-state index contributed by atoms with van der Waals surface area (Å²) in [6, 6.07) is 7.60. The smallest absolute Gasteiger partial charge is 0.115 e. The number of hydrogen-bond acceptors (Lipinski definition) is 1. The lowest BCUT2D eigenvalue weighted by Gasteiger charge is -2.13. The van der Waals surface area contributed by atoms with Crippen LogP contribution < -0.4 is 0 Å². The van der Waals surface area contributed by atoms with Crippen LogP contribution in [0.3, 0.4) is 0 Å². The second-order valence-corrected chi connectivity index (χ2v) is 3.49. The van der Waals surface area contributed by atoms with Gasteiger partial charge in [-0.1, -0.05) is 32.4 Å². The van der Waals surface area contributed by atoms with Crippen LogP contribution in [0.15, 0.2) is 24.3 Å². The molecule has 0 heterocycles. The van der Waals surface area contributed by atoms with Gasteiger partial charge in [0, 0.05) is 0 Å². The minimum Gasteiger partial charge on any atom is -0.508 e. The first-order chi connectivity index (χ1) is 6.27. The quantitative estimate of drug-likeness (QED) is 0.745. The molecule has 1 aromatic carbocycles. The Morgan fingerprint density at radius 3 is 2.23 bits per heavy atom. The van der Waals surface area contributed by atoms with Crippen molar-refractivity contribution in [1.82, 2.24) is 0 Å². The van der Waals surface area contributed by atoms with Crippen molar-refractivity contribution in [2.45, 2.75) is 39.0 Å². The van der Waals surface area contributed by atoms with Crippen molar-refractivity contribution in [1.29, 1.82) is 0 Å². The Kier molecular flexibility index (Phi) is 3.81. The molecule has 13 heavy (non-hydrogen) atoms. The summed E-state index contributed by atoms with van der Waals surface area (Å²) in [5.41, 5.74) is 1.35. The lowest BCUT2D eigenvalue weighted by molar-refractivity contribution is 0.474. The van der Waals surface area contributed by atoms with Gasteiger partial charge in [-0.15, -0.1) is 0 Å². The molecule has 0 aliphatic carbocycles. The maximum absolute atomic E-state index is 9.14. The van der Waals surface area contributed by atoms with E-state index >= 15 is 0 Å². The molecule has 0 spiro atoms. The summed E-state index contributed by atoms with van der Waals surface area (Å²) in [7, 11) is 0. The molecule has 1 atom stereocenters. The number of phenolic OH excluding ortho intramolecular Hbond substituents is 1. The van der Waals surface area contributed by atoms with Gasteiger partial charge in [0.2, 0.25) is 0 Å². The summed E-state index contributed by atoms with van der Waals surface area (Å²) in [4.78, 5) is 0. The van der Waals surface area contributed by atoms with Crippen molar-refractivity contribution in [2.75, 3.05) is 0 Å². The van der Waals surface area contributed by atoms with Crippen LogP contribution in [-0.2, 0) is 0 Å². The summed E-state index contributed by atoms with van der Waals surface area (Å²) >= 11 is 0. The Bertz CT molecular complexity index is 238. The highest BCUT2D eigenvalue weighted by Gasteiger charge is 2.07. The zero-order valence-electron chi connectivity index (χ0n) is 8.46. The Morgan fingerprint density at radius 2 is 1.77 bits per heavy atom. The van der Waals surface area contributed by atoms with Crippen LogP contribution in [0, 0.1) is 0 Å². The molecule has 1 rings (SSSR count). The third-order valence-corrected chi connectivity index (χ3v) is 2.49. The van der Waals surface area contributed by atoms with E-state index in [1.807, 2.05) is 12.1 Å². The van der Waals surface area contributed by atoms with Gasteiger partial charge >= 0.3 is 0 Å². The molecule has 1 aromatic rings. The molecule has 0 aromatic heterocycles. The summed E-state index contributed by atoms with van der Waals surface area (Å²) in [5.74, 6) is 1.01. The minimum absolute atomic E-state index is 0.357. The molecule has 0 amide bonds. The molecule has 72 valence electrons. The molecule has 0 saturated heterocycles. The number of phenols is 1. The average Bonchev–Trinajstić information content (AvgIpc) is 2.16. The molecule has 0 saturated carbocycles. The highest BCUT2D eigenvalue weighted by Crippen LogP contribution is 2.25. The van der Waals surface area contributed by atoms with Crippen LogP contribution in [-0.4, -0.2) is 5.11 Å². The third kappa shape index (κ3) is 2.76. The van der Waals surface area contributed by atoms with Crippen LogP contribution in [0.1, 0.15) is 44.6 Å². The second-order valence-electron chi connectivity index (χ2n) is 3.49. The number of aromatic hydroxyl groups is 1. The molecule has 0 aliphatic rings. The van der Waals surface area contributed by atoms with E-state index in [2.05, 4.69) is 13.8 Å². The molecule has 0 radical (unpaired) electrons. The maximum Gasteiger partial charge on any atom is 0.115 e. The van der Waals surface area contributed by atoms with E-state index in [9.17, 15) is 0 Å². The van der Waals surface area contributed by atoms with Crippen molar-refractivity contribution in [2.24, 2.45) is 0 Å². The zero-order chi connectivity index (χ0) is 9.68. The van der Waals surface area contributed by atoms with Gasteiger partial charge in [-0.3, -0.25) is 0 Å². The monoisotopic (exact) mass is 178 g/mol. The van der Waals surface area contributed by atoms with E-state index in [1.54, 1.807) is 12.1 Å². The molecule has 0 bridgehead atoms. The van der Waals surface area contributed by atoms with Gasteiger partial charge < -0.3 is 5.11 Å². The van der Waals surface area contributed by atoms with Gasteiger partial charge in [0.1, 0.15) is 5.75 Å². The second kappa shape index (κ2) is 4.90. The first-order valence-corrected chi connectivity index (χ1v) is 5.06. The van der Waals surface area contributed by atoms with E-state index in [4.69, 9.17) is 5.11 Å². The summed E-state index contributed by atoms with van der Waals surface area (Å²) in [5, 5.41) is 9.14. The van der Waals surface area contributed by atoms with Crippen molar-refractivity contribution >= 4 is 0 Å². The van der Waals surface area contributed by atoms with E-state index in [0.717, 1.165) is 0 Å². The molecular formula is C12H18O. The van der Waals surface area contributed by atoms with Crippen LogP contribution in [0.5, 0.6) is 5.75 Å². The minimum atomic E-state index is 0.357. The predicted molar refractivity (Wildman–Crippen MR) is 56.0 cm³/mol. The normalized spacial score (nSPS) is 12.8. The van der Waals surface area contributed by atoms with E-state index in [1.165, 1.54) is 24.8 Å². The van der Waals surface area contributed by atoms with E-state index in [-0.39, 0.29) is 0 Å². The maximum atomic E-state index is 9.14. The molecule has 1 nitrogen and oxygen atoms in total. The Balaban J connectivity index is 2.73. The Hall–Kier alpha value is -0.980. The van der Waals surface area contributed by atoms with Gasteiger partial charge in [0.15, 0.2) is 0 Å². The summed E-state index contributed by atoms with van der Waals surface area (Å²) in [6.07, 6.45) is 3.64. The molecule has 0 fully saturated rings. The lowest BCUT2D eigenvalue weighted by atomic mass is 9.92. The van der Waals surface area contributed by atoms with Gasteiger partial charge in [-0.05, 0) is 36.5 Å². The number of benzene rings is 1. The van der Waals surface area contributed by atoms with Crippen molar-refractivity contribution in [3.05, 3.63) is 29.8 Å². The average molecular weight is 178 g/mol. The van der Waals surface area contributed by atoms with Gasteiger partial charge in [-0.25, -0.2) is 0 Å². The highest BCUT2D eigenvalue weighted by molar-refractivity contribution is 5.28. The van der Waals surface area contributed by atoms with Crippen LogP contribution in [0.2, 0.25) is 0 Å². The molecule has 1 heteroatoms. The topological polar surface area (TPSA) is 20.2 Å². The van der Waals surface area contributed by atoms with Crippen molar-refractivity contribution < 1.29 is 5.11 Å². The SMILES string of the molecule is CCC[C@@H](CC)c1ccc(O)cc1. The van der Waals surface area contributed by atoms with Gasteiger partial charge in [-0.2, -0.15) is 0 Å². The predicted octanol–water partition coefficient (Wildman–Crippen LogP) is 3.69. The lowest BCUT2D eigenvalue weighted by Crippen LogP contribution is -1.95. The number of rotatable bonds is 4. The van der Waals surface area contributed by atoms with Crippen molar-refractivity contribution in [3.8, 4) is 5.75 Å². The first-order valence-electron chi connectivity index (χ1n) is 5.06. The molecule has 0 unspecified atom stereocenters. The van der Waals surface area contributed by atoms with Gasteiger partial charge in [0.25, 0.3) is 0 Å². The fraction of sp³-hybridized carbons (Fsp3) is 0.500. The van der Waals surface area contributed by atoms with Crippen molar-refractivity contribution in [3.63, 3.8) is 0 Å². The fourth-order valence-electron chi connectivity index (χ4n) is 1.70. The third-order valence-electron chi connectivity index (χ3n) is 2.49. The largest absolute Gasteiger partial charge is 0.508 e. The van der Waals surface area contributed by atoms with Crippen LogP contribution in [0.25, 0.3) is 0 Å². The summed E-state index contributed by atoms with van der Waals surface area (Å²) < 4.78 is 0. The standard InChI is InChI=1S/C12H18O/c1-3-5-10(4-2)11-6-8-12(13)9-7-11/h6-10,13H,3-5H2,1-2H3/t10-/m1/s1. The Labute approximate surface area is 80.4 Å². The highest BCUT2D eigenvalue weighted by atomic mass is 16.3. The van der Waals surface area contributed by atoms with E-state index < -0.39 is 0 Å². The Morgan fingerprint density at radius 1 is 1.15 bits per heavy atom. The van der Waals surface area contributed by atoms with Crippen LogP contribution in [0.4, 0.5) is 0 Å².